The van der Waals surface area contributed by atoms with Gasteiger partial charge in [0, 0.05) is 36.1 Å². The molecule has 82 valence electrons. The molecule has 2 rings (SSSR count). The highest BCUT2D eigenvalue weighted by molar-refractivity contribution is 9.08. The number of nitrogens with one attached hydrogen (secondary N) is 1. The van der Waals surface area contributed by atoms with Crippen molar-refractivity contribution < 1.29 is 0 Å². The standard InChI is InChI=1S/C11H15BrN2O/c1-2-14-4-3-10-9(7-14)5-8(6-12)11(15)13-10/h5H,2-4,6-7H2,1H3,(H,13,15). The number of alkyl halides is 1. The van der Waals surface area contributed by atoms with E-state index >= 15 is 0 Å². The van der Waals surface area contributed by atoms with Gasteiger partial charge in [-0.1, -0.05) is 22.9 Å². The van der Waals surface area contributed by atoms with Crippen LogP contribution in [-0.4, -0.2) is 23.0 Å². The summed E-state index contributed by atoms with van der Waals surface area (Å²) in [6.45, 7) is 5.25. The van der Waals surface area contributed by atoms with Crippen LogP contribution >= 0.6 is 15.9 Å². The molecule has 1 N–H and O–H groups in total. The molecular formula is C11H15BrN2O. The summed E-state index contributed by atoms with van der Waals surface area (Å²) >= 11 is 3.33. The number of aromatic amines is 1. The zero-order chi connectivity index (χ0) is 10.8. The molecule has 0 amide bonds. The molecule has 1 aromatic rings. The smallest absolute Gasteiger partial charge is 0.252 e. The zero-order valence-electron chi connectivity index (χ0n) is 8.85. The van der Waals surface area contributed by atoms with Crippen molar-refractivity contribution >= 4 is 15.9 Å². The minimum absolute atomic E-state index is 0.0515. The van der Waals surface area contributed by atoms with E-state index in [1.807, 2.05) is 6.07 Å². The Balaban J connectivity index is 2.37. The fourth-order valence-corrected chi connectivity index (χ4v) is 2.40. The fourth-order valence-electron chi connectivity index (χ4n) is 1.98. The lowest BCUT2D eigenvalue weighted by Crippen LogP contribution is -2.32. The molecule has 0 radical (unpaired) electrons. The van der Waals surface area contributed by atoms with Crippen LogP contribution in [0, 0.1) is 0 Å². The predicted molar refractivity (Wildman–Crippen MR) is 64.3 cm³/mol. The van der Waals surface area contributed by atoms with E-state index in [2.05, 4.69) is 32.7 Å². The number of halogens is 1. The zero-order valence-corrected chi connectivity index (χ0v) is 10.4. The first-order chi connectivity index (χ1) is 7.24. The maximum absolute atomic E-state index is 11.6. The average Bonchev–Trinajstić information content (AvgIpc) is 2.27. The molecule has 0 bridgehead atoms. The number of H-pyrrole nitrogens is 1. The molecule has 0 aliphatic carbocycles. The lowest BCUT2D eigenvalue weighted by molar-refractivity contribution is 0.265. The number of aromatic nitrogens is 1. The van der Waals surface area contributed by atoms with Gasteiger partial charge >= 0.3 is 0 Å². The topological polar surface area (TPSA) is 36.1 Å². The van der Waals surface area contributed by atoms with Gasteiger partial charge in [-0.2, -0.15) is 0 Å². The summed E-state index contributed by atoms with van der Waals surface area (Å²) in [5.74, 6) is 0. The van der Waals surface area contributed by atoms with Gasteiger partial charge in [-0.25, -0.2) is 0 Å². The summed E-state index contributed by atoms with van der Waals surface area (Å²) < 4.78 is 0. The highest BCUT2D eigenvalue weighted by Gasteiger charge is 2.16. The minimum atomic E-state index is 0.0515. The molecule has 1 aromatic heterocycles. The van der Waals surface area contributed by atoms with Gasteiger partial charge < -0.3 is 4.98 Å². The van der Waals surface area contributed by atoms with E-state index in [-0.39, 0.29) is 5.56 Å². The molecule has 0 saturated heterocycles. The second-order valence-corrected chi connectivity index (χ2v) is 4.44. The second kappa shape index (κ2) is 4.49. The van der Waals surface area contributed by atoms with Crippen molar-refractivity contribution in [1.29, 1.82) is 0 Å². The summed E-state index contributed by atoms with van der Waals surface area (Å²) in [7, 11) is 0. The summed E-state index contributed by atoms with van der Waals surface area (Å²) in [6.07, 6.45) is 0.959. The van der Waals surface area contributed by atoms with E-state index in [0.717, 1.165) is 37.3 Å². The normalized spacial score (nSPS) is 16.4. The number of pyridine rings is 1. The Morgan fingerprint density at radius 3 is 3.07 bits per heavy atom. The summed E-state index contributed by atoms with van der Waals surface area (Å²) in [5, 5.41) is 0.627. The Kier molecular flexibility index (Phi) is 3.26. The summed E-state index contributed by atoms with van der Waals surface area (Å²) in [4.78, 5) is 16.9. The lowest BCUT2D eigenvalue weighted by Gasteiger charge is -2.27. The maximum atomic E-state index is 11.6. The Bertz CT molecular complexity index is 414. The lowest BCUT2D eigenvalue weighted by atomic mass is 10.0. The first-order valence-electron chi connectivity index (χ1n) is 5.27. The third-order valence-corrected chi connectivity index (χ3v) is 3.56. The average molecular weight is 271 g/mol. The summed E-state index contributed by atoms with van der Waals surface area (Å²) in [5.41, 5.74) is 3.27. The van der Waals surface area contributed by atoms with Crippen LogP contribution in [0.2, 0.25) is 0 Å². The molecule has 0 unspecified atom stereocenters. The molecule has 4 heteroatoms. The van der Waals surface area contributed by atoms with Gasteiger partial charge in [0.2, 0.25) is 0 Å². The van der Waals surface area contributed by atoms with Gasteiger partial charge in [-0.15, -0.1) is 0 Å². The van der Waals surface area contributed by atoms with Gasteiger partial charge in [0.05, 0.1) is 0 Å². The first-order valence-corrected chi connectivity index (χ1v) is 6.39. The van der Waals surface area contributed by atoms with Crippen LogP contribution in [0.25, 0.3) is 0 Å². The van der Waals surface area contributed by atoms with Crippen molar-refractivity contribution in [2.24, 2.45) is 0 Å². The van der Waals surface area contributed by atoms with E-state index in [4.69, 9.17) is 0 Å². The number of hydrogen-bond donors (Lipinski definition) is 1. The van der Waals surface area contributed by atoms with Crippen LogP contribution in [0.3, 0.4) is 0 Å². The number of nitrogens with zero attached hydrogens (tertiary/aromatic N) is 1. The van der Waals surface area contributed by atoms with Crippen LogP contribution in [0.15, 0.2) is 10.9 Å². The number of fused-ring (bicyclic) bond motifs is 1. The molecular weight excluding hydrogens is 256 g/mol. The Morgan fingerprint density at radius 2 is 2.40 bits per heavy atom. The summed E-state index contributed by atoms with van der Waals surface area (Å²) in [6, 6.07) is 2.03. The van der Waals surface area contributed by atoms with Gasteiger partial charge in [0.25, 0.3) is 5.56 Å². The van der Waals surface area contributed by atoms with Crippen molar-refractivity contribution in [3.8, 4) is 0 Å². The van der Waals surface area contributed by atoms with Crippen molar-refractivity contribution in [3.63, 3.8) is 0 Å². The second-order valence-electron chi connectivity index (χ2n) is 3.88. The molecule has 15 heavy (non-hydrogen) atoms. The van der Waals surface area contributed by atoms with E-state index in [1.165, 1.54) is 5.56 Å². The van der Waals surface area contributed by atoms with Crippen LogP contribution in [-0.2, 0) is 18.3 Å². The van der Waals surface area contributed by atoms with Crippen LogP contribution in [0.5, 0.6) is 0 Å². The van der Waals surface area contributed by atoms with Crippen molar-refractivity contribution in [2.75, 3.05) is 13.1 Å². The third kappa shape index (κ3) is 2.16. The highest BCUT2D eigenvalue weighted by Crippen LogP contribution is 2.16. The van der Waals surface area contributed by atoms with E-state index in [1.54, 1.807) is 0 Å². The highest BCUT2D eigenvalue weighted by atomic mass is 79.9. The quantitative estimate of drug-likeness (QED) is 0.830. The maximum Gasteiger partial charge on any atom is 0.252 e. The van der Waals surface area contributed by atoms with Gasteiger partial charge in [0.1, 0.15) is 0 Å². The molecule has 1 aliphatic rings. The molecule has 1 aliphatic heterocycles. The van der Waals surface area contributed by atoms with E-state index < -0.39 is 0 Å². The van der Waals surface area contributed by atoms with Crippen LogP contribution < -0.4 is 5.56 Å². The molecule has 0 atom stereocenters. The largest absolute Gasteiger partial charge is 0.326 e. The number of likely N-dealkylation sites (N-methyl/N-ethyl adjacent to an activating group) is 1. The molecule has 3 nitrogen and oxygen atoms in total. The minimum Gasteiger partial charge on any atom is -0.326 e. The number of rotatable bonds is 2. The van der Waals surface area contributed by atoms with Gasteiger partial charge in [-0.3, -0.25) is 9.69 Å². The SMILES string of the molecule is CCN1CCc2[nH]c(=O)c(CBr)cc2C1. The number of hydrogen-bond acceptors (Lipinski definition) is 2. The van der Waals surface area contributed by atoms with Gasteiger partial charge in [0.15, 0.2) is 0 Å². The molecule has 0 spiro atoms. The molecule has 2 heterocycles. The fraction of sp³-hybridized carbons (Fsp3) is 0.545. The Hall–Kier alpha value is -0.610. The van der Waals surface area contributed by atoms with E-state index in [9.17, 15) is 4.79 Å². The van der Waals surface area contributed by atoms with Crippen molar-refractivity contribution in [1.82, 2.24) is 9.88 Å². The molecule has 0 saturated carbocycles. The molecule has 0 aromatic carbocycles. The van der Waals surface area contributed by atoms with Crippen molar-refractivity contribution in [3.05, 3.63) is 33.2 Å². The predicted octanol–water partition coefficient (Wildman–Crippen LogP) is 1.65. The first kappa shape index (κ1) is 10.9. The van der Waals surface area contributed by atoms with Gasteiger partial charge in [-0.05, 0) is 18.2 Å². The Morgan fingerprint density at radius 1 is 1.60 bits per heavy atom. The van der Waals surface area contributed by atoms with Crippen LogP contribution in [0.4, 0.5) is 0 Å². The molecule has 0 fully saturated rings. The Labute approximate surface area is 97.6 Å². The third-order valence-electron chi connectivity index (χ3n) is 2.96. The monoisotopic (exact) mass is 270 g/mol. The van der Waals surface area contributed by atoms with Crippen molar-refractivity contribution in [2.45, 2.75) is 25.2 Å². The van der Waals surface area contributed by atoms with Crippen LogP contribution in [0.1, 0.15) is 23.7 Å². The van der Waals surface area contributed by atoms with E-state index in [0.29, 0.717) is 5.33 Å².